The number of nitrogens with zero attached hydrogens (tertiary/aromatic N) is 5. The highest BCUT2D eigenvalue weighted by Gasteiger charge is 2.24. The molecule has 3 heterocycles. The van der Waals surface area contributed by atoms with E-state index >= 15 is 0 Å². The summed E-state index contributed by atoms with van der Waals surface area (Å²) in [5.74, 6) is -0.290. The molecule has 31 heavy (non-hydrogen) atoms. The van der Waals surface area contributed by atoms with Crippen molar-refractivity contribution in [2.75, 3.05) is 13.2 Å². The predicted octanol–water partition coefficient (Wildman–Crippen LogP) is 0.379. The third-order valence-electron chi connectivity index (χ3n) is 5.35. The number of ether oxygens (including phenoxy) is 1. The van der Waals surface area contributed by atoms with Crippen molar-refractivity contribution in [2.24, 2.45) is 14.1 Å². The number of aryl methyl sites for hydroxylation is 1. The van der Waals surface area contributed by atoms with Crippen molar-refractivity contribution in [3.05, 3.63) is 72.7 Å². The minimum absolute atomic E-state index is 0.0246. The van der Waals surface area contributed by atoms with E-state index in [2.05, 4.69) is 4.98 Å². The highest BCUT2D eigenvalue weighted by molar-refractivity contribution is 5.76. The highest BCUT2D eigenvalue weighted by atomic mass is 16.5. The Kier molecular flexibility index (Phi) is 5.24. The Bertz CT molecular complexity index is 1460. The Morgan fingerprint density at radius 2 is 1.74 bits per heavy atom. The van der Waals surface area contributed by atoms with E-state index in [0.29, 0.717) is 6.61 Å². The molecule has 1 aromatic carbocycles. The molecule has 0 spiro atoms. The van der Waals surface area contributed by atoms with Crippen molar-refractivity contribution in [2.45, 2.75) is 19.9 Å². The van der Waals surface area contributed by atoms with Gasteiger partial charge in [0, 0.05) is 27.1 Å². The average Bonchev–Trinajstić information content (AvgIpc) is 3.18. The fourth-order valence-electron chi connectivity index (χ4n) is 3.70. The summed E-state index contributed by atoms with van der Waals surface area (Å²) >= 11 is 0. The molecule has 0 unspecified atom stereocenters. The summed E-state index contributed by atoms with van der Waals surface area (Å²) in [5.41, 5.74) is -0.502. The lowest BCUT2D eigenvalue weighted by Gasteiger charge is -2.13. The van der Waals surface area contributed by atoms with Gasteiger partial charge in [-0.25, -0.2) is 9.20 Å². The number of imidazole rings is 1. The topological polar surface area (TPSA) is 113 Å². The summed E-state index contributed by atoms with van der Waals surface area (Å²) in [6, 6.07) is 9.32. The molecule has 0 aliphatic carbocycles. The molecule has 0 saturated carbocycles. The van der Waals surface area contributed by atoms with Gasteiger partial charge in [0.2, 0.25) is 11.7 Å². The van der Waals surface area contributed by atoms with E-state index in [1.54, 1.807) is 0 Å². The van der Waals surface area contributed by atoms with Crippen LogP contribution in [0.2, 0.25) is 0 Å². The third-order valence-corrected chi connectivity index (χ3v) is 5.35. The second kappa shape index (κ2) is 7.88. The molecule has 0 saturated heterocycles. The zero-order chi connectivity index (χ0) is 22.3. The number of aromatic hydroxyl groups is 1. The molecule has 0 bridgehead atoms. The summed E-state index contributed by atoms with van der Waals surface area (Å²) < 4.78 is 10.2. The van der Waals surface area contributed by atoms with E-state index in [4.69, 9.17) is 4.74 Å². The monoisotopic (exact) mass is 425 g/mol. The maximum absolute atomic E-state index is 13.3. The first kappa shape index (κ1) is 20.6. The van der Waals surface area contributed by atoms with Crippen molar-refractivity contribution < 1.29 is 9.84 Å². The quantitative estimate of drug-likeness (QED) is 0.447. The molecule has 0 fully saturated rings. The Balaban J connectivity index is 2.12. The summed E-state index contributed by atoms with van der Waals surface area (Å²) in [4.78, 5) is 43.0. The second-order valence-corrected chi connectivity index (χ2v) is 7.25. The first-order chi connectivity index (χ1) is 14.9. The van der Waals surface area contributed by atoms with Crippen LogP contribution in [0.1, 0.15) is 18.1 Å². The van der Waals surface area contributed by atoms with Crippen LogP contribution in [0.15, 0.2) is 44.7 Å². The van der Waals surface area contributed by atoms with Gasteiger partial charge in [0.15, 0.2) is 11.2 Å². The highest BCUT2D eigenvalue weighted by Crippen LogP contribution is 2.22. The van der Waals surface area contributed by atoms with Gasteiger partial charge in [-0.15, -0.1) is 0 Å². The van der Waals surface area contributed by atoms with E-state index in [-0.39, 0.29) is 48.0 Å². The molecule has 10 heteroatoms. The van der Waals surface area contributed by atoms with Crippen LogP contribution in [0.25, 0.3) is 16.9 Å². The molecule has 162 valence electrons. The fraction of sp³-hybridized carbons (Fsp3) is 0.333. The zero-order valence-corrected chi connectivity index (χ0v) is 17.5. The van der Waals surface area contributed by atoms with Crippen LogP contribution < -0.4 is 16.8 Å². The van der Waals surface area contributed by atoms with Gasteiger partial charge in [0.1, 0.15) is 0 Å². The Morgan fingerprint density at radius 1 is 1.03 bits per heavy atom. The normalized spacial score (nSPS) is 11.6. The lowest BCUT2D eigenvalue weighted by Crippen LogP contribution is -2.37. The van der Waals surface area contributed by atoms with E-state index in [1.807, 2.05) is 37.3 Å². The number of hydrogen-bond donors (Lipinski definition) is 1. The van der Waals surface area contributed by atoms with Gasteiger partial charge in [0.25, 0.3) is 11.1 Å². The molecule has 0 atom stereocenters. The number of benzene rings is 1. The maximum Gasteiger partial charge on any atom is 0.332 e. The first-order valence-electron chi connectivity index (χ1n) is 9.91. The number of aromatic nitrogens is 5. The number of hydrogen-bond acceptors (Lipinski definition) is 6. The number of fused-ring (bicyclic) bond motifs is 3. The maximum atomic E-state index is 13.3. The molecule has 0 radical (unpaired) electrons. The molecule has 0 aliphatic rings. The van der Waals surface area contributed by atoms with Crippen molar-refractivity contribution in [3.63, 3.8) is 0 Å². The summed E-state index contributed by atoms with van der Waals surface area (Å²) in [5, 5.41) is 11.0. The Hall–Kier alpha value is -3.66. The van der Waals surface area contributed by atoms with Crippen LogP contribution in [0.5, 0.6) is 5.88 Å². The van der Waals surface area contributed by atoms with Crippen LogP contribution in [-0.4, -0.2) is 41.4 Å². The Labute approximate surface area is 176 Å². The summed E-state index contributed by atoms with van der Waals surface area (Å²) in [7, 11) is 2.85. The van der Waals surface area contributed by atoms with E-state index < -0.39 is 16.8 Å². The zero-order valence-electron chi connectivity index (χ0n) is 17.5. The summed E-state index contributed by atoms with van der Waals surface area (Å²) in [6.07, 6.45) is 0.162. The Morgan fingerprint density at radius 3 is 2.42 bits per heavy atom. The second-order valence-electron chi connectivity index (χ2n) is 7.25. The molecule has 0 amide bonds. The minimum Gasteiger partial charge on any atom is -0.494 e. The third kappa shape index (κ3) is 3.25. The van der Waals surface area contributed by atoms with Gasteiger partial charge in [-0.05, 0) is 12.5 Å². The smallest absolute Gasteiger partial charge is 0.332 e. The molecular weight excluding hydrogens is 402 g/mol. The first-order valence-corrected chi connectivity index (χ1v) is 9.91. The van der Waals surface area contributed by atoms with Crippen LogP contribution in [-0.2, 0) is 31.8 Å². The van der Waals surface area contributed by atoms with Crippen molar-refractivity contribution in [1.29, 1.82) is 0 Å². The van der Waals surface area contributed by atoms with Gasteiger partial charge >= 0.3 is 5.69 Å². The molecule has 1 N–H and O–H groups in total. The van der Waals surface area contributed by atoms with Gasteiger partial charge in [-0.3, -0.25) is 23.3 Å². The van der Waals surface area contributed by atoms with Gasteiger partial charge in [-0.1, -0.05) is 30.3 Å². The largest absolute Gasteiger partial charge is 0.494 e. The van der Waals surface area contributed by atoms with Crippen molar-refractivity contribution >= 4 is 16.9 Å². The number of rotatable bonds is 6. The molecule has 0 aliphatic heterocycles. The molecule has 4 rings (SSSR count). The van der Waals surface area contributed by atoms with Crippen LogP contribution in [0.3, 0.4) is 0 Å². The van der Waals surface area contributed by atoms with E-state index in [9.17, 15) is 19.5 Å². The fourth-order valence-corrected chi connectivity index (χ4v) is 3.70. The van der Waals surface area contributed by atoms with Gasteiger partial charge < -0.3 is 9.84 Å². The SMILES string of the molecule is CCOCCc1c(O)n2c3c(=O)n(C)c(=O)n(C)c3nc2n(Cc2ccccc2)c1=O. The lowest BCUT2D eigenvalue weighted by atomic mass is 10.2. The predicted molar refractivity (Wildman–Crippen MR) is 115 cm³/mol. The lowest BCUT2D eigenvalue weighted by molar-refractivity contribution is 0.150. The van der Waals surface area contributed by atoms with E-state index in [1.165, 1.54) is 27.6 Å². The van der Waals surface area contributed by atoms with Gasteiger partial charge in [0.05, 0.1) is 18.7 Å². The minimum atomic E-state index is -0.610. The molecular formula is C21H23N5O5. The molecule has 10 nitrogen and oxygen atoms in total. The van der Waals surface area contributed by atoms with Crippen molar-refractivity contribution in [3.8, 4) is 5.88 Å². The summed E-state index contributed by atoms with van der Waals surface area (Å²) in [6.45, 7) is 2.73. The van der Waals surface area contributed by atoms with Gasteiger partial charge in [-0.2, -0.15) is 4.98 Å². The van der Waals surface area contributed by atoms with Crippen LogP contribution in [0.4, 0.5) is 0 Å². The van der Waals surface area contributed by atoms with E-state index in [0.717, 1.165) is 10.1 Å². The van der Waals surface area contributed by atoms with Crippen LogP contribution in [0, 0.1) is 0 Å². The molecule has 3 aromatic heterocycles. The molecule has 4 aromatic rings. The van der Waals surface area contributed by atoms with Crippen LogP contribution >= 0.6 is 0 Å². The average molecular weight is 425 g/mol. The standard InChI is InChI=1S/C21H23N5O5/c1-4-31-11-10-14-17(27)25(12-13-8-6-5-7-9-13)20-22-16-15(26(20)18(14)28)19(29)24(3)21(30)23(16)2/h5-9,28H,4,10-12H2,1-3H3. The van der Waals surface area contributed by atoms with Crippen molar-refractivity contribution in [1.82, 2.24) is 23.1 Å².